The summed E-state index contributed by atoms with van der Waals surface area (Å²) in [4.78, 5) is 0. The fraction of sp³-hybridized carbons (Fsp3) is 0.250. The van der Waals surface area contributed by atoms with Crippen molar-refractivity contribution in [2.24, 2.45) is 10.2 Å². The van der Waals surface area contributed by atoms with E-state index in [0.29, 0.717) is 6.61 Å². The fourth-order valence-corrected chi connectivity index (χ4v) is 1.65. The van der Waals surface area contributed by atoms with Crippen LogP contribution in [0.25, 0.3) is 0 Å². The van der Waals surface area contributed by atoms with Crippen molar-refractivity contribution < 1.29 is 4.74 Å². The van der Waals surface area contributed by atoms with Crippen LogP contribution in [0.1, 0.15) is 18.9 Å². The lowest BCUT2D eigenvalue weighted by molar-refractivity contribution is 0.318. The van der Waals surface area contributed by atoms with Crippen LogP contribution < -0.4 is 4.74 Å². The molecule has 0 aliphatic carbocycles. The Hall–Kier alpha value is -2.16. The Kier molecular flexibility index (Phi) is 4.67. The topological polar surface area (TPSA) is 34.0 Å². The van der Waals surface area contributed by atoms with Gasteiger partial charge < -0.3 is 4.74 Å². The molecule has 0 saturated heterocycles. The third-order valence-electron chi connectivity index (χ3n) is 2.61. The predicted octanol–water partition coefficient (Wildman–Crippen LogP) is 5.20. The van der Waals surface area contributed by atoms with E-state index in [1.54, 1.807) is 0 Å². The molecule has 3 nitrogen and oxygen atoms in total. The molecule has 0 aliphatic heterocycles. The zero-order valence-corrected chi connectivity index (χ0v) is 11.3. The highest BCUT2D eigenvalue weighted by molar-refractivity contribution is 5.53. The summed E-state index contributed by atoms with van der Waals surface area (Å²) >= 11 is 0. The Morgan fingerprint density at radius 3 is 2.53 bits per heavy atom. The van der Waals surface area contributed by atoms with Crippen molar-refractivity contribution in [2.45, 2.75) is 20.3 Å². The summed E-state index contributed by atoms with van der Waals surface area (Å²) in [6, 6.07) is 15.6. The first-order chi connectivity index (χ1) is 9.29. The zero-order valence-electron chi connectivity index (χ0n) is 11.3. The molecule has 0 bridgehead atoms. The summed E-state index contributed by atoms with van der Waals surface area (Å²) in [7, 11) is 0. The Bertz CT molecular complexity index is 550. The third kappa shape index (κ3) is 3.91. The van der Waals surface area contributed by atoms with Crippen LogP contribution in [-0.2, 0) is 0 Å². The summed E-state index contributed by atoms with van der Waals surface area (Å²) in [5.41, 5.74) is 2.76. The van der Waals surface area contributed by atoms with Gasteiger partial charge in [-0.1, -0.05) is 31.2 Å². The van der Waals surface area contributed by atoms with Crippen LogP contribution in [-0.4, -0.2) is 6.61 Å². The van der Waals surface area contributed by atoms with E-state index in [2.05, 4.69) is 17.2 Å². The van der Waals surface area contributed by atoms with E-state index in [1.165, 1.54) is 0 Å². The van der Waals surface area contributed by atoms with Gasteiger partial charge >= 0.3 is 0 Å². The fourth-order valence-electron chi connectivity index (χ4n) is 1.65. The molecule has 98 valence electrons. The van der Waals surface area contributed by atoms with Crippen LogP contribution in [0, 0.1) is 6.92 Å². The van der Waals surface area contributed by atoms with Crippen molar-refractivity contribution in [1.82, 2.24) is 0 Å². The highest BCUT2D eigenvalue weighted by Gasteiger charge is 2.03. The molecule has 0 spiro atoms. The van der Waals surface area contributed by atoms with Gasteiger partial charge in [-0.05, 0) is 43.2 Å². The average Bonchev–Trinajstić information content (AvgIpc) is 2.45. The van der Waals surface area contributed by atoms with E-state index in [-0.39, 0.29) is 0 Å². The molecule has 0 amide bonds. The maximum atomic E-state index is 5.68. The maximum absolute atomic E-state index is 5.68. The van der Waals surface area contributed by atoms with Gasteiger partial charge in [-0.2, -0.15) is 5.11 Å². The lowest BCUT2D eigenvalue weighted by atomic mass is 10.2. The Morgan fingerprint density at radius 1 is 1.00 bits per heavy atom. The van der Waals surface area contributed by atoms with E-state index in [9.17, 15) is 0 Å². The summed E-state index contributed by atoms with van der Waals surface area (Å²) in [5.74, 6) is 0.784. The second-order valence-electron chi connectivity index (χ2n) is 4.36. The van der Waals surface area contributed by atoms with Gasteiger partial charge in [0.25, 0.3) is 0 Å². The van der Waals surface area contributed by atoms with Gasteiger partial charge in [0.2, 0.25) is 0 Å². The molecule has 2 aromatic carbocycles. The van der Waals surface area contributed by atoms with Crippen molar-refractivity contribution in [3.63, 3.8) is 0 Å². The van der Waals surface area contributed by atoms with Crippen molar-refractivity contribution in [3.05, 3.63) is 54.1 Å². The molecule has 0 aliphatic rings. The lowest BCUT2D eigenvalue weighted by Crippen LogP contribution is -1.95. The normalized spacial score (nSPS) is 10.8. The number of aryl methyl sites for hydroxylation is 1. The summed E-state index contributed by atoms with van der Waals surface area (Å²) in [5, 5.41) is 8.52. The molecule has 0 radical (unpaired) electrons. The minimum atomic E-state index is 0.691. The van der Waals surface area contributed by atoms with Crippen LogP contribution in [0.3, 0.4) is 0 Å². The molecule has 0 atom stereocenters. The van der Waals surface area contributed by atoms with Crippen LogP contribution in [0.2, 0.25) is 0 Å². The number of hydrogen-bond acceptors (Lipinski definition) is 3. The number of benzene rings is 2. The minimum absolute atomic E-state index is 0.691. The number of ether oxygens (including phenoxy) is 1. The third-order valence-corrected chi connectivity index (χ3v) is 2.61. The Labute approximate surface area is 114 Å². The first-order valence-corrected chi connectivity index (χ1v) is 6.50. The number of azo groups is 1. The SMILES string of the molecule is CCCOc1ccc(C)cc1N=Nc1ccccc1. The molecule has 19 heavy (non-hydrogen) atoms. The molecule has 0 aromatic heterocycles. The Morgan fingerprint density at radius 2 is 1.79 bits per heavy atom. The molecular formula is C16H18N2O. The molecule has 0 fully saturated rings. The summed E-state index contributed by atoms with van der Waals surface area (Å²) in [6.07, 6.45) is 0.975. The van der Waals surface area contributed by atoms with Crippen molar-refractivity contribution in [1.29, 1.82) is 0 Å². The standard InChI is InChI=1S/C16H18N2O/c1-3-11-19-16-10-9-13(2)12-15(16)18-17-14-7-5-4-6-8-14/h4-10,12H,3,11H2,1-2H3. The molecule has 2 rings (SSSR count). The number of hydrogen-bond donors (Lipinski definition) is 0. The van der Waals surface area contributed by atoms with Crippen LogP contribution in [0.15, 0.2) is 58.8 Å². The highest BCUT2D eigenvalue weighted by atomic mass is 16.5. The van der Waals surface area contributed by atoms with Crippen LogP contribution >= 0.6 is 0 Å². The molecule has 0 heterocycles. The zero-order chi connectivity index (χ0) is 13.5. The number of rotatable bonds is 5. The lowest BCUT2D eigenvalue weighted by Gasteiger charge is -2.07. The molecule has 0 N–H and O–H groups in total. The van der Waals surface area contributed by atoms with Gasteiger partial charge in [-0.3, -0.25) is 0 Å². The average molecular weight is 254 g/mol. The molecule has 2 aromatic rings. The quantitative estimate of drug-likeness (QED) is 0.675. The smallest absolute Gasteiger partial charge is 0.146 e. The molecule has 0 unspecified atom stereocenters. The van der Waals surface area contributed by atoms with Gasteiger partial charge in [0, 0.05) is 0 Å². The van der Waals surface area contributed by atoms with Gasteiger partial charge in [0.15, 0.2) is 0 Å². The van der Waals surface area contributed by atoms with Gasteiger partial charge in [0.1, 0.15) is 11.4 Å². The summed E-state index contributed by atoms with van der Waals surface area (Å²) < 4.78 is 5.68. The van der Waals surface area contributed by atoms with Crippen LogP contribution in [0.4, 0.5) is 11.4 Å². The van der Waals surface area contributed by atoms with Gasteiger partial charge in [0.05, 0.1) is 12.3 Å². The molecular weight excluding hydrogens is 236 g/mol. The first kappa shape index (κ1) is 13.3. The van der Waals surface area contributed by atoms with E-state index < -0.39 is 0 Å². The van der Waals surface area contributed by atoms with Crippen molar-refractivity contribution in [3.8, 4) is 5.75 Å². The second-order valence-corrected chi connectivity index (χ2v) is 4.36. The van der Waals surface area contributed by atoms with E-state index >= 15 is 0 Å². The Balaban J connectivity index is 2.22. The number of nitrogens with zero attached hydrogens (tertiary/aromatic N) is 2. The van der Waals surface area contributed by atoms with E-state index in [4.69, 9.17) is 4.74 Å². The van der Waals surface area contributed by atoms with E-state index in [1.807, 2.05) is 55.5 Å². The molecule has 0 saturated carbocycles. The largest absolute Gasteiger partial charge is 0.491 e. The van der Waals surface area contributed by atoms with Gasteiger partial charge in [-0.15, -0.1) is 5.11 Å². The first-order valence-electron chi connectivity index (χ1n) is 6.50. The van der Waals surface area contributed by atoms with Gasteiger partial charge in [-0.25, -0.2) is 0 Å². The van der Waals surface area contributed by atoms with Crippen LogP contribution in [0.5, 0.6) is 5.75 Å². The second kappa shape index (κ2) is 6.69. The van der Waals surface area contributed by atoms with Crippen molar-refractivity contribution in [2.75, 3.05) is 6.61 Å². The molecule has 3 heteroatoms. The minimum Gasteiger partial charge on any atom is -0.491 e. The summed E-state index contributed by atoms with van der Waals surface area (Å²) in [6.45, 7) is 4.81. The highest BCUT2D eigenvalue weighted by Crippen LogP contribution is 2.30. The van der Waals surface area contributed by atoms with E-state index in [0.717, 1.165) is 29.1 Å². The maximum Gasteiger partial charge on any atom is 0.146 e. The monoisotopic (exact) mass is 254 g/mol. The predicted molar refractivity (Wildman–Crippen MR) is 77.6 cm³/mol. The van der Waals surface area contributed by atoms with Crippen molar-refractivity contribution >= 4 is 11.4 Å².